The van der Waals surface area contributed by atoms with Crippen LogP contribution in [0.2, 0.25) is 0 Å². The van der Waals surface area contributed by atoms with Gasteiger partial charge in [0.25, 0.3) is 0 Å². The first-order valence-corrected chi connectivity index (χ1v) is 5.40. The smallest absolute Gasteiger partial charge is 0.102 e. The normalized spacial score (nSPS) is 12.2. The van der Waals surface area contributed by atoms with Crippen molar-refractivity contribution in [2.24, 2.45) is 16.6 Å². The van der Waals surface area contributed by atoms with E-state index in [2.05, 4.69) is 20.9 Å². The molecule has 0 aliphatic carbocycles. The Labute approximate surface area is 93.4 Å². The number of rotatable bonds is 2. The topological polar surface area (TPSA) is 38.4 Å². The van der Waals surface area contributed by atoms with Crippen LogP contribution in [-0.2, 0) is 0 Å². The lowest BCUT2D eigenvalue weighted by molar-refractivity contribution is 0.872. The monoisotopic (exact) mass is 254 g/mol. The first-order valence-electron chi connectivity index (χ1n) is 4.61. The molecule has 3 heteroatoms. The van der Waals surface area contributed by atoms with Gasteiger partial charge in [-0.2, -0.15) is 0 Å². The highest BCUT2D eigenvalue weighted by Gasteiger charge is 2.02. The number of aryl methyl sites for hydroxylation is 1. The summed E-state index contributed by atoms with van der Waals surface area (Å²) in [6.45, 7) is 6.09. The second-order valence-corrected chi connectivity index (χ2v) is 4.54. The highest BCUT2D eigenvalue weighted by Crippen LogP contribution is 2.23. The van der Waals surface area contributed by atoms with Crippen LogP contribution in [0.3, 0.4) is 0 Å². The Morgan fingerprint density at radius 2 is 2.07 bits per heavy atom. The molecule has 0 aliphatic rings. The highest BCUT2D eigenvalue weighted by molar-refractivity contribution is 9.10. The van der Waals surface area contributed by atoms with Gasteiger partial charge in [-0.05, 0) is 24.6 Å². The molecule has 1 aromatic carbocycles. The fourth-order valence-electron chi connectivity index (χ4n) is 0.971. The second kappa shape index (κ2) is 4.60. The first kappa shape index (κ1) is 11.2. The van der Waals surface area contributed by atoms with E-state index < -0.39 is 0 Å². The van der Waals surface area contributed by atoms with E-state index in [1.54, 1.807) is 0 Å². The van der Waals surface area contributed by atoms with Crippen molar-refractivity contribution in [3.8, 4) is 0 Å². The van der Waals surface area contributed by atoms with Gasteiger partial charge in [0.15, 0.2) is 0 Å². The molecule has 0 atom stereocenters. The summed E-state index contributed by atoms with van der Waals surface area (Å²) in [6.07, 6.45) is 0. The van der Waals surface area contributed by atoms with Gasteiger partial charge in [-0.3, -0.25) is 0 Å². The number of hydrogen-bond acceptors (Lipinski definition) is 1. The molecule has 1 aromatic rings. The van der Waals surface area contributed by atoms with Crippen molar-refractivity contribution in [1.29, 1.82) is 0 Å². The van der Waals surface area contributed by atoms with Crippen molar-refractivity contribution in [2.45, 2.75) is 20.8 Å². The van der Waals surface area contributed by atoms with E-state index in [0.29, 0.717) is 5.84 Å². The van der Waals surface area contributed by atoms with Gasteiger partial charge in [0, 0.05) is 10.4 Å². The van der Waals surface area contributed by atoms with Crippen LogP contribution in [0, 0.1) is 12.8 Å². The minimum atomic E-state index is 0.286. The molecular formula is C11H15BrN2. The zero-order chi connectivity index (χ0) is 10.7. The molecule has 2 N–H and O–H groups in total. The quantitative estimate of drug-likeness (QED) is 0.638. The number of amidine groups is 1. The van der Waals surface area contributed by atoms with Gasteiger partial charge >= 0.3 is 0 Å². The summed E-state index contributed by atoms with van der Waals surface area (Å²) in [5.74, 6) is 0.958. The molecule has 76 valence electrons. The van der Waals surface area contributed by atoms with Crippen LogP contribution in [0.15, 0.2) is 27.7 Å². The Morgan fingerprint density at radius 3 is 2.64 bits per heavy atom. The van der Waals surface area contributed by atoms with Crippen LogP contribution >= 0.6 is 15.9 Å². The lowest BCUT2D eigenvalue weighted by atomic mass is 10.2. The van der Waals surface area contributed by atoms with E-state index in [0.717, 1.165) is 15.7 Å². The number of halogens is 1. The number of nitrogens with zero attached hydrogens (tertiary/aromatic N) is 1. The maximum Gasteiger partial charge on any atom is 0.102 e. The zero-order valence-electron chi connectivity index (χ0n) is 8.71. The Bertz CT molecular complexity index is 356. The van der Waals surface area contributed by atoms with E-state index >= 15 is 0 Å². The molecule has 0 bridgehead atoms. The van der Waals surface area contributed by atoms with Gasteiger partial charge in [-0.25, -0.2) is 4.99 Å². The predicted molar refractivity (Wildman–Crippen MR) is 65.0 cm³/mol. The third-order valence-corrected chi connectivity index (χ3v) is 2.51. The van der Waals surface area contributed by atoms with Crippen LogP contribution in [0.5, 0.6) is 0 Å². The molecule has 0 amide bonds. The number of nitrogens with two attached hydrogens (primary N) is 1. The van der Waals surface area contributed by atoms with E-state index in [1.165, 1.54) is 0 Å². The van der Waals surface area contributed by atoms with Crippen LogP contribution in [0.25, 0.3) is 0 Å². The number of hydrogen-bond donors (Lipinski definition) is 1. The molecule has 0 fully saturated rings. The van der Waals surface area contributed by atoms with Gasteiger partial charge in [-0.15, -0.1) is 0 Å². The molecule has 0 saturated heterocycles. The molecule has 0 saturated carbocycles. The molecule has 0 radical (unpaired) electrons. The molecular weight excluding hydrogens is 240 g/mol. The fourth-order valence-corrected chi connectivity index (χ4v) is 1.32. The van der Waals surface area contributed by atoms with Crippen molar-refractivity contribution < 1.29 is 0 Å². The lowest BCUT2D eigenvalue weighted by Crippen LogP contribution is -2.18. The summed E-state index contributed by atoms with van der Waals surface area (Å²) < 4.78 is 1.03. The summed E-state index contributed by atoms with van der Waals surface area (Å²) in [7, 11) is 0. The highest BCUT2D eigenvalue weighted by atomic mass is 79.9. The summed E-state index contributed by atoms with van der Waals surface area (Å²) >= 11 is 3.41. The van der Waals surface area contributed by atoms with Gasteiger partial charge < -0.3 is 5.73 Å². The minimum absolute atomic E-state index is 0.286. The summed E-state index contributed by atoms with van der Waals surface area (Å²) in [4.78, 5) is 4.38. The van der Waals surface area contributed by atoms with Gasteiger partial charge in [0.05, 0.1) is 5.69 Å². The third-order valence-electron chi connectivity index (χ3n) is 2.01. The average Bonchev–Trinajstić information content (AvgIpc) is 2.11. The predicted octanol–water partition coefficient (Wildman–Crippen LogP) is 3.40. The first-order chi connectivity index (χ1) is 6.50. The zero-order valence-corrected chi connectivity index (χ0v) is 10.3. The summed E-state index contributed by atoms with van der Waals surface area (Å²) in [6, 6.07) is 6.00. The van der Waals surface area contributed by atoms with Crippen LogP contribution < -0.4 is 5.73 Å². The lowest BCUT2D eigenvalue weighted by Gasteiger charge is -2.06. The van der Waals surface area contributed by atoms with Crippen molar-refractivity contribution in [1.82, 2.24) is 0 Å². The molecule has 0 aliphatic heterocycles. The Hall–Kier alpha value is -0.830. The summed E-state index contributed by atoms with van der Waals surface area (Å²) in [5.41, 5.74) is 7.87. The van der Waals surface area contributed by atoms with E-state index in [-0.39, 0.29) is 5.92 Å². The molecule has 1 rings (SSSR count). The van der Waals surface area contributed by atoms with Crippen molar-refractivity contribution in [2.75, 3.05) is 0 Å². The molecule has 0 heterocycles. The van der Waals surface area contributed by atoms with Gasteiger partial charge in [0.1, 0.15) is 5.84 Å². The standard InChI is InChI=1S/C11H15BrN2/c1-7(2)11(13)14-10-6-9(12)5-4-8(10)3/h4-7H,1-3H3,(H2,13,14). The van der Waals surface area contributed by atoms with Crippen LogP contribution in [-0.4, -0.2) is 5.84 Å². The van der Waals surface area contributed by atoms with Crippen LogP contribution in [0.1, 0.15) is 19.4 Å². The molecule has 2 nitrogen and oxygen atoms in total. The van der Waals surface area contributed by atoms with E-state index in [9.17, 15) is 0 Å². The van der Waals surface area contributed by atoms with Crippen molar-refractivity contribution in [3.05, 3.63) is 28.2 Å². The largest absolute Gasteiger partial charge is 0.387 e. The Kier molecular flexibility index (Phi) is 3.69. The Morgan fingerprint density at radius 1 is 1.43 bits per heavy atom. The maximum absolute atomic E-state index is 5.80. The number of benzene rings is 1. The molecule has 14 heavy (non-hydrogen) atoms. The minimum Gasteiger partial charge on any atom is -0.387 e. The molecule has 0 unspecified atom stereocenters. The second-order valence-electron chi connectivity index (χ2n) is 3.62. The van der Waals surface area contributed by atoms with Crippen LogP contribution in [0.4, 0.5) is 5.69 Å². The molecule has 0 aromatic heterocycles. The third kappa shape index (κ3) is 2.84. The molecule has 0 spiro atoms. The Balaban J connectivity index is 3.07. The van der Waals surface area contributed by atoms with Crippen molar-refractivity contribution >= 4 is 27.5 Å². The van der Waals surface area contributed by atoms with Crippen molar-refractivity contribution in [3.63, 3.8) is 0 Å². The SMILES string of the molecule is Cc1ccc(Br)cc1N=C(N)C(C)C. The van der Waals surface area contributed by atoms with Gasteiger partial charge in [-0.1, -0.05) is 35.8 Å². The summed E-state index contributed by atoms with van der Waals surface area (Å²) in [5, 5.41) is 0. The van der Waals surface area contributed by atoms with Gasteiger partial charge in [0.2, 0.25) is 0 Å². The maximum atomic E-state index is 5.80. The fraction of sp³-hybridized carbons (Fsp3) is 0.364. The average molecular weight is 255 g/mol. The van der Waals surface area contributed by atoms with E-state index in [1.807, 2.05) is 39.0 Å². The van der Waals surface area contributed by atoms with E-state index in [4.69, 9.17) is 5.73 Å². The number of aliphatic imine (C=N–C) groups is 1.